The lowest BCUT2D eigenvalue weighted by Crippen LogP contribution is -2.18. The van der Waals surface area contributed by atoms with Crippen LogP contribution in [0.25, 0.3) is 0 Å². The summed E-state index contributed by atoms with van der Waals surface area (Å²) in [4.78, 5) is 0. The van der Waals surface area contributed by atoms with E-state index in [0.29, 0.717) is 0 Å². The summed E-state index contributed by atoms with van der Waals surface area (Å²) in [5, 5.41) is 10.2. The SMILES string of the molecule is COc1cccc(C(O)C2CCC(C)O2)c1. The summed E-state index contributed by atoms with van der Waals surface area (Å²) in [5.74, 6) is 0.766. The van der Waals surface area contributed by atoms with E-state index in [1.165, 1.54) is 0 Å². The van der Waals surface area contributed by atoms with Gasteiger partial charge in [-0.15, -0.1) is 0 Å². The molecule has 3 atom stereocenters. The lowest BCUT2D eigenvalue weighted by molar-refractivity contribution is -0.0298. The minimum atomic E-state index is -0.556. The van der Waals surface area contributed by atoms with Gasteiger partial charge in [0.2, 0.25) is 0 Å². The second-order valence-corrected chi connectivity index (χ2v) is 4.28. The molecule has 88 valence electrons. The largest absolute Gasteiger partial charge is 0.497 e. The number of hydrogen-bond donors (Lipinski definition) is 1. The van der Waals surface area contributed by atoms with E-state index >= 15 is 0 Å². The molecule has 0 spiro atoms. The average molecular weight is 222 g/mol. The zero-order valence-corrected chi connectivity index (χ0v) is 9.72. The molecule has 2 rings (SSSR count). The van der Waals surface area contributed by atoms with Crippen LogP contribution in [0.2, 0.25) is 0 Å². The Morgan fingerprint density at radius 2 is 2.25 bits per heavy atom. The molecule has 3 nitrogen and oxygen atoms in total. The van der Waals surface area contributed by atoms with Gasteiger partial charge < -0.3 is 14.6 Å². The number of methoxy groups -OCH3 is 1. The highest BCUT2D eigenvalue weighted by molar-refractivity contribution is 5.30. The molecule has 3 heteroatoms. The van der Waals surface area contributed by atoms with Gasteiger partial charge in [0.25, 0.3) is 0 Å². The molecular formula is C13H18O3. The Bertz CT molecular complexity index is 351. The maximum atomic E-state index is 10.2. The number of hydrogen-bond acceptors (Lipinski definition) is 3. The smallest absolute Gasteiger partial charge is 0.119 e. The minimum absolute atomic E-state index is 0.0814. The molecule has 1 aromatic carbocycles. The van der Waals surface area contributed by atoms with Crippen molar-refractivity contribution in [3.05, 3.63) is 29.8 Å². The molecule has 1 heterocycles. The Labute approximate surface area is 96.0 Å². The van der Waals surface area contributed by atoms with Gasteiger partial charge in [0.05, 0.1) is 19.3 Å². The van der Waals surface area contributed by atoms with Crippen LogP contribution in [0.3, 0.4) is 0 Å². The summed E-state index contributed by atoms with van der Waals surface area (Å²) >= 11 is 0. The van der Waals surface area contributed by atoms with E-state index in [2.05, 4.69) is 0 Å². The Kier molecular flexibility index (Phi) is 3.46. The van der Waals surface area contributed by atoms with Crippen LogP contribution in [0.4, 0.5) is 0 Å². The summed E-state index contributed by atoms with van der Waals surface area (Å²) in [5.41, 5.74) is 0.860. The second kappa shape index (κ2) is 4.85. The highest BCUT2D eigenvalue weighted by Gasteiger charge is 2.29. The van der Waals surface area contributed by atoms with Crippen LogP contribution in [0.1, 0.15) is 31.4 Å². The van der Waals surface area contributed by atoms with Crippen molar-refractivity contribution in [3.63, 3.8) is 0 Å². The summed E-state index contributed by atoms with van der Waals surface area (Å²) in [6.45, 7) is 2.04. The Morgan fingerprint density at radius 3 is 2.88 bits per heavy atom. The first-order chi connectivity index (χ1) is 7.70. The molecule has 0 aromatic heterocycles. The first-order valence-corrected chi connectivity index (χ1v) is 5.68. The molecule has 3 unspecified atom stereocenters. The fourth-order valence-corrected chi connectivity index (χ4v) is 2.11. The van der Waals surface area contributed by atoms with Crippen molar-refractivity contribution in [3.8, 4) is 5.75 Å². The molecule has 0 saturated carbocycles. The molecular weight excluding hydrogens is 204 g/mol. The molecule has 1 fully saturated rings. The molecule has 0 aliphatic carbocycles. The third-order valence-corrected chi connectivity index (χ3v) is 3.05. The van der Waals surface area contributed by atoms with E-state index in [4.69, 9.17) is 9.47 Å². The predicted octanol–water partition coefficient (Wildman–Crippen LogP) is 2.30. The maximum absolute atomic E-state index is 10.2. The molecule has 0 bridgehead atoms. The van der Waals surface area contributed by atoms with E-state index in [0.717, 1.165) is 24.2 Å². The van der Waals surface area contributed by atoms with E-state index in [-0.39, 0.29) is 12.2 Å². The van der Waals surface area contributed by atoms with Crippen LogP contribution in [-0.4, -0.2) is 24.4 Å². The highest BCUT2D eigenvalue weighted by Crippen LogP contribution is 2.31. The van der Waals surface area contributed by atoms with Crippen molar-refractivity contribution in [2.45, 2.75) is 38.1 Å². The van der Waals surface area contributed by atoms with Gasteiger partial charge in [-0.3, -0.25) is 0 Å². The van der Waals surface area contributed by atoms with Crippen molar-refractivity contribution in [1.29, 1.82) is 0 Å². The summed E-state index contributed by atoms with van der Waals surface area (Å²) in [6, 6.07) is 7.51. The van der Waals surface area contributed by atoms with Crippen LogP contribution in [0, 0.1) is 0 Å². The molecule has 0 radical (unpaired) electrons. The topological polar surface area (TPSA) is 38.7 Å². The van der Waals surface area contributed by atoms with Gasteiger partial charge in [-0.05, 0) is 37.5 Å². The normalized spacial score (nSPS) is 26.7. The van der Waals surface area contributed by atoms with Gasteiger partial charge in [-0.1, -0.05) is 12.1 Å². The van der Waals surface area contributed by atoms with Gasteiger partial charge in [-0.2, -0.15) is 0 Å². The summed E-state index contributed by atoms with van der Waals surface area (Å²) in [6.07, 6.45) is 1.55. The fraction of sp³-hybridized carbons (Fsp3) is 0.538. The summed E-state index contributed by atoms with van der Waals surface area (Å²) < 4.78 is 10.8. The van der Waals surface area contributed by atoms with E-state index < -0.39 is 6.10 Å². The summed E-state index contributed by atoms with van der Waals surface area (Å²) in [7, 11) is 1.62. The number of benzene rings is 1. The molecule has 1 aromatic rings. The highest BCUT2D eigenvalue weighted by atomic mass is 16.5. The van der Waals surface area contributed by atoms with Crippen molar-refractivity contribution >= 4 is 0 Å². The minimum Gasteiger partial charge on any atom is -0.497 e. The average Bonchev–Trinajstić information content (AvgIpc) is 2.75. The van der Waals surface area contributed by atoms with Crippen molar-refractivity contribution < 1.29 is 14.6 Å². The van der Waals surface area contributed by atoms with Crippen LogP contribution in [0.15, 0.2) is 24.3 Å². The fourth-order valence-electron chi connectivity index (χ4n) is 2.11. The first-order valence-electron chi connectivity index (χ1n) is 5.68. The lowest BCUT2D eigenvalue weighted by atomic mass is 10.0. The van der Waals surface area contributed by atoms with Crippen molar-refractivity contribution in [2.24, 2.45) is 0 Å². The quantitative estimate of drug-likeness (QED) is 0.852. The second-order valence-electron chi connectivity index (χ2n) is 4.28. The van der Waals surface area contributed by atoms with Gasteiger partial charge in [0, 0.05) is 0 Å². The third kappa shape index (κ3) is 2.36. The van der Waals surface area contributed by atoms with Gasteiger partial charge in [0.1, 0.15) is 11.9 Å². The Morgan fingerprint density at radius 1 is 1.44 bits per heavy atom. The Hall–Kier alpha value is -1.06. The zero-order valence-electron chi connectivity index (χ0n) is 9.72. The molecule has 1 aliphatic heterocycles. The third-order valence-electron chi connectivity index (χ3n) is 3.05. The zero-order chi connectivity index (χ0) is 11.5. The number of aliphatic hydroxyl groups is 1. The van der Waals surface area contributed by atoms with Crippen molar-refractivity contribution in [2.75, 3.05) is 7.11 Å². The molecule has 1 saturated heterocycles. The number of ether oxygens (including phenoxy) is 2. The van der Waals surface area contributed by atoms with Gasteiger partial charge >= 0.3 is 0 Å². The molecule has 0 amide bonds. The van der Waals surface area contributed by atoms with Crippen LogP contribution in [0.5, 0.6) is 5.75 Å². The predicted molar refractivity (Wildman–Crippen MR) is 61.5 cm³/mol. The molecule has 1 aliphatic rings. The van der Waals surface area contributed by atoms with Crippen molar-refractivity contribution in [1.82, 2.24) is 0 Å². The Balaban J connectivity index is 2.10. The van der Waals surface area contributed by atoms with Crippen LogP contribution < -0.4 is 4.74 Å². The molecule has 16 heavy (non-hydrogen) atoms. The van der Waals surface area contributed by atoms with Crippen LogP contribution >= 0.6 is 0 Å². The van der Waals surface area contributed by atoms with Gasteiger partial charge in [0.15, 0.2) is 0 Å². The lowest BCUT2D eigenvalue weighted by Gasteiger charge is -2.19. The first kappa shape index (κ1) is 11.4. The van der Waals surface area contributed by atoms with E-state index in [1.54, 1.807) is 7.11 Å². The molecule has 1 N–H and O–H groups in total. The van der Waals surface area contributed by atoms with Gasteiger partial charge in [-0.25, -0.2) is 0 Å². The number of aliphatic hydroxyl groups excluding tert-OH is 1. The van der Waals surface area contributed by atoms with E-state index in [9.17, 15) is 5.11 Å². The van der Waals surface area contributed by atoms with Crippen LogP contribution in [-0.2, 0) is 4.74 Å². The number of rotatable bonds is 3. The van der Waals surface area contributed by atoms with E-state index in [1.807, 2.05) is 31.2 Å². The maximum Gasteiger partial charge on any atom is 0.119 e. The standard InChI is InChI=1S/C13H18O3/c1-9-6-7-12(16-9)13(14)10-4-3-5-11(8-10)15-2/h3-5,8-9,12-14H,6-7H2,1-2H3. The monoisotopic (exact) mass is 222 g/mol.